The molecule has 1 rings (SSSR count). The van der Waals surface area contributed by atoms with E-state index >= 15 is 0 Å². The van der Waals surface area contributed by atoms with Gasteiger partial charge in [0, 0.05) is 59.1 Å². The van der Waals surface area contributed by atoms with Crippen LogP contribution in [0, 0.1) is 0 Å². The Kier molecular flexibility index (Phi) is 10.2. The van der Waals surface area contributed by atoms with E-state index in [1.165, 1.54) is 0 Å². The van der Waals surface area contributed by atoms with Gasteiger partial charge in [-0.1, -0.05) is 19.1 Å². The van der Waals surface area contributed by atoms with Crippen LogP contribution in [0.4, 0.5) is 0 Å². The number of rotatable bonds is 2. The largest absolute Gasteiger partial charge is 0.504 e. The molecular formula is C9H12Na2O2. The quantitative estimate of drug-likeness (QED) is 0.723. The van der Waals surface area contributed by atoms with Crippen LogP contribution in [-0.2, 0) is 6.42 Å². The number of phenolic OH excluding ortho intramolecular Hbond substituents is 1. The molecule has 0 bridgehead atoms. The van der Waals surface area contributed by atoms with Gasteiger partial charge in [0.15, 0.2) is 11.5 Å². The monoisotopic (exact) mass is 198 g/mol. The van der Waals surface area contributed by atoms with Crippen molar-refractivity contribution >= 4 is 59.1 Å². The molecule has 2 nitrogen and oxygen atoms in total. The van der Waals surface area contributed by atoms with Gasteiger partial charge in [0.2, 0.25) is 0 Å². The summed E-state index contributed by atoms with van der Waals surface area (Å²) in [6.07, 6.45) is 0.822. The van der Waals surface area contributed by atoms with Gasteiger partial charge in [-0.3, -0.25) is 0 Å². The molecule has 0 saturated carbocycles. The number of aromatic hydroxyl groups is 1. The molecule has 0 amide bonds. The molecule has 1 aromatic rings. The van der Waals surface area contributed by atoms with Crippen LogP contribution in [0.3, 0.4) is 0 Å². The van der Waals surface area contributed by atoms with Crippen molar-refractivity contribution < 1.29 is 9.84 Å². The van der Waals surface area contributed by atoms with E-state index in [9.17, 15) is 5.11 Å². The number of ether oxygens (including phenoxy) is 1. The molecule has 0 saturated heterocycles. The van der Waals surface area contributed by atoms with Gasteiger partial charge in [0.25, 0.3) is 0 Å². The first-order valence-corrected chi connectivity index (χ1v) is 3.64. The molecule has 0 heterocycles. The minimum Gasteiger partial charge on any atom is -0.504 e. The number of methoxy groups -OCH3 is 1. The van der Waals surface area contributed by atoms with Crippen LogP contribution < -0.4 is 4.74 Å². The summed E-state index contributed by atoms with van der Waals surface area (Å²) in [7, 11) is 1.55. The zero-order chi connectivity index (χ0) is 8.27. The van der Waals surface area contributed by atoms with Crippen molar-refractivity contribution in [1.29, 1.82) is 0 Å². The van der Waals surface area contributed by atoms with Crippen LogP contribution in [0.25, 0.3) is 0 Å². The second-order valence-corrected chi connectivity index (χ2v) is 2.32. The number of phenols is 1. The van der Waals surface area contributed by atoms with Gasteiger partial charge in [-0.2, -0.15) is 0 Å². The van der Waals surface area contributed by atoms with Crippen molar-refractivity contribution in [2.75, 3.05) is 7.11 Å². The molecule has 0 aromatic heterocycles. The zero-order valence-corrected chi connectivity index (χ0v) is 12.8. The average Bonchev–Trinajstić information content (AvgIpc) is 2.05. The summed E-state index contributed by atoms with van der Waals surface area (Å²) >= 11 is 0. The van der Waals surface area contributed by atoms with Crippen LogP contribution in [0.2, 0.25) is 0 Å². The van der Waals surface area contributed by atoms with E-state index in [0.717, 1.165) is 12.0 Å². The fourth-order valence-electron chi connectivity index (χ4n) is 1.02. The third kappa shape index (κ3) is 4.24. The summed E-state index contributed by atoms with van der Waals surface area (Å²) in [5.41, 5.74) is 0.921. The van der Waals surface area contributed by atoms with E-state index in [4.69, 9.17) is 4.74 Å². The standard InChI is InChI=1S/C9H12O2.2Na/c1-3-7-5-4-6-8(11-2)9(7)10;;/h4-6,10H,3H2,1-2H3;;. The summed E-state index contributed by atoms with van der Waals surface area (Å²) in [6, 6.07) is 5.50. The Balaban J connectivity index is 0. The van der Waals surface area contributed by atoms with Gasteiger partial charge in [-0.25, -0.2) is 0 Å². The Morgan fingerprint density at radius 3 is 2.38 bits per heavy atom. The maximum absolute atomic E-state index is 9.46. The topological polar surface area (TPSA) is 29.5 Å². The molecule has 0 aliphatic rings. The Morgan fingerprint density at radius 1 is 1.31 bits per heavy atom. The first-order chi connectivity index (χ1) is 5.29. The van der Waals surface area contributed by atoms with Crippen molar-refractivity contribution in [3.05, 3.63) is 23.8 Å². The third-order valence-electron chi connectivity index (χ3n) is 1.68. The molecule has 0 spiro atoms. The molecule has 0 fully saturated rings. The number of benzene rings is 1. The van der Waals surface area contributed by atoms with Gasteiger partial charge >= 0.3 is 0 Å². The van der Waals surface area contributed by atoms with Crippen LogP contribution in [0.5, 0.6) is 11.5 Å². The van der Waals surface area contributed by atoms with Crippen LogP contribution in [-0.4, -0.2) is 71.3 Å². The van der Waals surface area contributed by atoms with E-state index in [1.54, 1.807) is 13.2 Å². The normalized spacial score (nSPS) is 8.15. The smallest absolute Gasteiger partial charge is 0.160 e. The molecule has 1 aromatic carbocycles. The summed E-state index contributed by atoms with van der Waals surface area (Å²) < 4.78 is 4.94. The molecule has 0 aliphatic heterocycles. The number of hydrogen-bond donors (Lipinski definition) is 1. The summed E-state index contributed by atoms with van der Waals surface area (Å²) in [6.45, 7) is 1.99. The van der Waals surface area contributed by atoms with E-state index < -0.39 is 0 Å². The molecular weight excluding hydrogens is 186 g/mol. The summed E-state index contributed by atoms with van der Waals surface area (Å²) in [5, 5.41) is 9.46. The van der Waals surface area contributed by atoms with E-state index in [-0.39, 0.29) is 64.9 Å². The van der Waals surface area contributed by atoms with Crippen LogP contribution in [0.15, 0.2) is 18.2 Å². The van der Waals surface area contributed by atoms with Gasteiger partial charge in [0.1, 0.15) is 0 Å². The van der Waals surface area contributed by atoms with Crippen molar-refractivity contribution in [3.63, 3.8) is 0 Å². The first-order valence-electron chi connectivity index (χ1n) is 3.64. The van der Waals surface area contributed by atoms with Gasteiger partial charge < -0.3 is 9.84 Å². The first kappa shape index (κ1) is 16.3. The Labute approximate surface area is 123 Å². The fraction of sp³-hybridized carbons (Fsp3) is 0.333. The molecule has 62 valence electrons. The maximum Gasteiger partial charge on any atom is 0.160 e. The SMILES string of the molecule is CCc1cccc(OC)c1O.[Na].[Na]. The van der Waals surface area contributed by atoms with Gasteiger partial charge in [-0.05, 0) is 18.1 Å². The van der Waals surface area contributed by atoms with Crippen LogP contribution >= 0.6 is 0 Å². The molecule has 0 atom stereocenters. The van der Waals surface area contributed by atoms with Gasteiger partial charge in [-0.15, -0.1) is 0 Å². The van der Waals surface area contributed by atoms with Crippen LogP contribution in [0.1, 0.15) is 12.5 Å². The number of para-hydroxylation sites is 1. The zero-order valence-electron chi connectivity index (χ0n) is 8.79. The minimum atomic E-state index is 0. The molecule has 0 aliphatic carbocycles. The fourth-order valence-corrected chi connectivity index (χ4v) is 1.02. The predicted molar refractivity (Wildman–Crippen MR) is 55.5 cm³/mol. The minimum absolute atomic E-state index is 0. The van der Waals surface area contributed by atoms with Gasteiger partial charge in [0.05, 0.1) is 7.11 Å². The average molecular weight is 198 g/mol. The summed E-state index contributed by atoms with van der Waals surface area (Å²) in [4.78, 5) is 0. The van der Waals surface area contributed by atoms with Crippen molar-refractivity contribution in [2.24, 2.45) is 0 Å². The third-order valence-corrected chi connectivity index (χ3v) is 1.68. The maximum atomic E-state index is 9.46. The molecule has 0 unspecified atom stereocenters. The summed E-state index contributed by atoms with van der Waals surface area (Å²) in [5.74, 6) is 0.807. The Morgan fingerprint density at radius 2 is 1.92 bits per heavy atom. The molecule has 4 heteroatoms. The number of aryl methyl sites for hydroxylation is 1. The van der Waals surface area contributed by atoms with Crippen molar-refractivity contribution in [3.8, 4) is 11.5 Å². The van der Waals surface area contributed by atoms with Crippen molar-refractivity contribution in [2.45, 2.75) is 13.3 Å². The number of hydrogen-bond acceptors (Lipinski definition) is 2. The molecule has 13 heavy (non-hydrogen) atoms. The predicted octanol–water partition coefficient (Wildman–Crippen LogP) is 1.20. The second kappa shape index (κ2) is 8.16. The Hall–Kier alpha value is 0.820. The van der Waals surface area contributed by atoms with E-state index in [1.807, 2.05) is 19.1 Å². The second-order valence-electron chi connectivity index (χ2n) is 2.32. The van der Waals surface area contributed by atoms with E-state index in [0.29, 0.717) is 5.75 Å². The molecule has 1 N–H and O–H groups in total. The molecule has 2 radical (unpaired) electrons. The van der Waals surface area contributed by atoms with Crippen molar-refractivity contribution in [1.82, 2.24) is 0 Å². The van der Waals surface area contributed by atoms with E-state index in [2.05, 4.69) is 0 Å². The Bertz CT molecular complexity index is 229.